The Morgan fingerprint density at radius 3 is 0.767 bits per heavy atom. The first kappa shape index (κ1) is 90.1. The van der Waals surface area contributed by atoms with Crippen LogP contribution in [0.5, 0.6) is 0 Å². The van der Waals surface area contributed by atoms with Gasteiger partial charge in [-0.1, -0.05) is 255 Å². The van der Waals surface area contributed by atoms with E-state index in [1.807, 2.05) is 24.3 Å². The molecule has 0 saturated carbocycles. The van der Waals surface area contributed by atoms with E-state index in [2.05, 4.69) is 322 Å². The van der Waals surface area contributed by atoms with Gasteiger partial charge >= 0.3 is 0 Å². The first-order valence-electron chi connectivity index (χ1n) is 40.3. The fourth-order valence-electron chi connectivity index (χ4n) is 14.7. The van der Waals surface area contributed by atoms with E-state index in [4.69, 9.17) is 26.3 Å². The van der Waals surface area contributed by atoms with E-state index < -0.39 is 0 Å². The van der Waals surface area contributed by atoms with Crippen molar-refractivity contribution in [2.45, 2.75) is 249 Å². The zero-order valence-corrected chi connectivity index (χ0v) is 79.3. The predicted molar refractivity (Wildman–Crippen MR) is 508 cm³/mol. The lowest BCUT2D eigenvalue weighted by Gasteiger charge is -2.20. The lowest BCUT2D eigenvalue weighted by atomic mass is 9.84. The van der Waals surface area contributed by atoms with Crippen LogP contribution in [0.1, 0.15) is 311 Å². The number of hydrogen-bond acceptors (Lipinski definition) is 12. The molecule has 6 heterocycles. The first-order chi connectivity index (χ1) is 55.7. The lowest BCUT2D eigenvalue weighted by molar-refractivity contribution is 0.103. The highest BCUT2D eigenvalue weighted by Gasteiger charge is 2.39. The Morgan fingerprint density at radius 2 is 0.525 bits per heavy atom. The molecule has 0 amide bonds. The third-order valence-corrected chi connectivity index (χ3v) is 31.5. The number of carbonyl (C=O) groups excluding carboxylic acids is 2. The molecule has 4 aliphatic rings. The monoisotopic (exact) mass is 1690 g/mol. The van der Waals surface area contributed by atoms with E-state index in [1.165, 1.54) is 61.3 Å². The molecule has 0 aliphatic heterocycles. The minimum atomic E-state index is -0.0799. The number of allylic oxidation sites excluding steroid dienone is 2. The summed E-state index contributed by atoms with van der Waals surface area (Å²) in [6.07, 6.45) is 0. The number of benzene rings is 5. The van der Waals surface area contributed by atoms with Crippen LogP contribution in [0.3, 0.4) is 0 Å². The van der Waals surface area contributed by atoms with Crippen molar-refractivity contribution in [3.05, 3.63) is 273 Å². The molecule has 15 rings (SSSR count). The van der Waals surface area contributed by atoms with Crippen molar-refractivity contribution in [3.63, 3.8) is 0 Å². The van der Waals surface area contributed by atoms with Gasteiger partial charge in [-0.3, -0.25) is 9.59 Å². The molecule has 0 unspecified atom stereocenters. The summed E-state index contributed by atoms with van der Waals surface area (Å²) in [7, 11) is 0. The van der Waals surface area contributed by atoms with Crippen LogP contribution in [-0.4, -0.2) is 11.6 Å². The summed E-state index contributed by atoms with van der Waals surface area (Å²) < 4.78 is 2.04. The fraction of sp³-hybridized carbons (Fsp3) is 0.365. The van der Waals surface area contributed by atoms with Crippen LogP contribution in [-0.2, 0) is 43.3 Å². The number of hydrogen-bond donors (Lipinski definition) is 0. The van der Waals surface area contributed by atoms with Gasteiger partial charge in [0.15, 0.2) is 11.6 Å². The van der Waals surface area contributed by atoms with Gasteiger partial charge in [0, 0.05) is 62.7 Å². The van der Waals surface area contributed by atoms with Crippen molar-refractivity contribution in [1.82, 2.24) is 0 Å². The van der Waals surface area contributed by atoms with Crippen molar-refractivity contribution in [2.75, 3.05) is 0 Å². The molecule has 16 heteroatoms. The standard InChI is InChI=1S/C24H24N2.C22H16N4S2.C21H24O.C20H20N2S2.C17H20OS2/c1-23(2,3)15-8-10-17-18-11-9-16(24(4,5)6)13-20(18)22(19(17)12-15)21(14-25)26-7;1-11(2)17-7-13-19(15(9-23)25-5)20(16(10-24)26-6)14-8-18(12(3)4)28-22(14)21(13)27-17;1-20(2,3)13-7-9-15-16-10-8-14(21(4,5)6)12-18(16)19(22)17(15)11-13;1-19(2,3)14-8-11-16(13(10-21)22-7)12-9-15(20(4,5)6)24-18(12)17(11)23-14;1-16(2,3)11-7-9-13(18)10-8-12(17(4,5)6)20-15(10)14(9)19-11/h8-13H,1-6H3;7-8,11-12H,1-4H3;7-12H,1-6H3;8-9H,1-6H3;7-8H,1-6H3/b;19-15-,20-16+;;;. The lowest BCUT2D eigenvalue weighted by Crippen LogP contribution is -2.29. The highest BCUT2D eigenvalue weighted by molar-refractivity contribution is 7.27. The van der Waals surface area contributed by atoms with E-state index >= 15 is 0 Å². The van der Waals surface area contributed by atoms with Gasteiger partial charge < -0.3 is 0 Å². The zero-order chi connectivity index (χ0) is 88.9. The maximum Gasteiger partial charge on any atom is 0.270 e. The summed E-state index contributed by atoms with van der Waals surface area (Å²) in [4.78, 5) is 51.6. The van der Waals surface area contributed by atoms with Gasteiger partial charge in [0.2, 0.25) is 0 Å². The molecular weight excluding hydrogens is 1590 g/mol. The van der Waals surface area contributed by atoms with Crippen LogP contribution >= 0.6 is 68.0 Å². The molecule has 0 fully saturated rings. The highest BCUT2D eigenvalue weighted by Crippen LogP contribution is 2.57. The molecule has 608 valence electrons. The smallest absolute Gasteiger partial charge is 0.270 e. The number of fused-ring (bicyclic) bond motifs is 15. The molecule has 0 bridgehead atoms. The average Bonchev–Trinajstić information content (AvgIpc) is 1.58. The van der Waals surface area contributed by atoms with Crippen LogP contribution in [0.2, 0.25) is 0 Å². The summed E-state index contributed by atoms with van der Waals surface area (Å²) in [5.41, 5.74) is 19.2. The van der Waals surface area contributed by atoms with Gasteiger partial charge in [-0.2, -0.15) is 0 Å². The van der Waals surface area contributed by atoms with E-state index in [0.29, 0.717) is 22.3 Å². The van der Waals surface area contributed by atoms with Crippen molar-refractivity contribution < 1.29 is 9.59 Å². The van der Waals surface area contributed by atoms with Gasteiger partial charge in [0.25, 0.3) is 22.8 Å². The van der Waals surface area contributed by atoms with E-state index in [9.17, 15) is 30.6 Å². The first-order valence-corrected chi connectivity index (χ1v) is 45.2. The summed E-state index contributed by atoms with van der Waals surface area (Å²) >= 11 is 10.5. The molecule has 0 radical (unpaired) electrons. The molecule has 10 nitrogen and oxygen atoms in total. The molecule has 0 atom stereocenters. The van der Waals surface area contributed by atoms with Crippen LogP contribution in [0.15, 0.2) is 121 Å². The number of nitriles is 4. The molecular formula is C104H104N8O2S6. The van der Waals surface area contributed by atoms with Crippen molar-refractivity contribution in [3.8, 4) is 66.0 Å². The molecule has 11 aromatic rings. The van der Waals surface area contributed by atoms with Crippen molar-refractivity contribution >= 4 is 122 Å². The Balaban J connectivity index is 0.000000147. The normalized spacial score (nSPS) is 13.5. The van der Waals surface area contributed by atoms with Crippen molar-refractivity contribution in [2.24, 2.45) is 0 Å². The largest absolute Gasteiger partial charge is 0.289 e. The quantitative estimate of drug-likeness (QED) is 0.124. The molecule has 0 N–H and O–H groups in total. The maximum absolute atomic E-state index is 12.8. The van der Waals surface area contributed by atoms with Crippen LogP contribution in [0.4, 0.5) is 0 Å². The van der Waals surface area contributed by atoms with E-state index in [1.54, 1.807) is 68.0 Å². The summed E-state index contributed by atoms with van der Waals surface area (Å²) in [5.74, 6) is 0.981. The summed E-state index contributed by atoms with van der Waals surface area (Å²) in [6.45, 7) is 90.9. The second kappa shape index (κ2) is 32.7. The number of nitrogens with zero attached hydrogens (tertiary/aromatic N) is 8. The molecule has 6 aromatic heterocycles. The summed E-state index contributed by atoms with van der Waals surface area (Å²) in [6, 6.07) is 46.4. The molecule has 0 spiro atoms. The maximum atomic E-state index is 12.8. The van der Waals surface area contributed by atoms with E-state index in [0.717, 1.165) is 108 Å². The Kier molecular flexibility index (Phi) is 24.5. The topological polar surface area (TPSA) is 147 Å². The van der Waals surface area contributed by atoms with Gasteiger partial charge in [0.05, 0.1) is 79.5 Å². The Hall–Kier alpha value is -10.7. The second-order valence-corrected chi connectivity index (χ2v) is 46.4. The third kappa shape index (κ3) is 17.2. The number of carbonyl (C=O) groups is 2. The van der Waals surface area contributed by atoms with Crippen LogP contribution in [0, 0.1) is 71.6 Å². The summed E-state index contributed by atoms with van der Waals surface area (Å²) in [5, 5.41) is 40.7. The minimum Gasteiger partial charge on any atom is -0.289 e. The van der Waals surface area contributed by atoms with Crippen molar-refractivity contribution in [1.29, 1.82) is 21.0 Å². The molecule has 120 heavy (non-hydrogen) atoms. The average molecular weight is 1690 g/mol. The fourth-order valence-corrected chi connectivity index (χ4v) is 22.4. The number of ketones is 2. The third-order valence-electron chi connectivity index (χ3n) is 21.9. The van der Waals surface area contributed by atoms with Gasteiger partial charge in [-0.05, 0) is 192 Å². The van der Waals surface area contributed by atoms with Gasteiger partial charge in [-0.15, -0.1) is 68.0 Å². The SMILES string of the molecule is CC(C)(C)c1cc2c(s1)-c1sc(C(C)(C)C)cc1C2=O.CC(C)(C)c1ccc2c(c1)C(=O)c1cc(C(C)(C)C)ccc1-2.[C-]#[N+]/C(C#N)=c1\c(=C(/C#N)[N+]#[C-])c2cc(C(C)C)sc2c2sc(C(C)C)cc12.[C-]#[N+]C(C#N)=C1c2cc(C(C)(C)C)ccc2-c2ccc(C(C)(C)C)cc21.[C-]#[N+]C(C#N)=C1c2cc(C(C)(C)C)sc2-c2sc(C(C)(C)C)cc21. The number of thiophene rings is 6. The molecule has 4 aliphatic carbocycles. The predicted octanol–water partition coefficient (Wildman–Crippen LogP) is 29.6. The van der Waals surface area contributed by atoms with Gasteiger partial charge in [-0.25, -0.2) is 40.4 Å². The van der Waals surface area contributed by atoms with E-state index in [-0.39, 0.29) is 77.7 Å². The Morgan fingerprint density at radius 1 is 0.292 bits per heavy atom. The van der Waals surface area contributed by atoms with Gasteiger partial charge in [0.1, 0.15) is 0 Å². The Labute approximate surface area is 734 Å². The van der Waals surface area contributed by atoms with Crippen LogP contribution in [0.25, 0.3) is 104 Å². The zero-order valence-electron chi connectivity index (χ0n) is 74.4. The minimum absolute atomic E-state index is 0.0103. The Bertz CT molecular complexity index is 6270. The van der Waals surface area contributed by atoms with Crippen LogP contribution < -0.4 is 10.4 Å². The molecule has 5 aromatic carbocycles. The second-order valence-electron chi connectivity index (χ2n) is 40.0. The highest BCUT2D eigenvalue weighted by atomic mass is 32.1. The number of rotatable bonds is 2. The molecule has 0 saturated heterocycles.